The largest absolute Gasteiger partial charge is 0.405 e. The van der Waals surface area contributed by atoms with Gasteiger partial charge in [-0.3, -0.25) is 9.00 Å². The average Bonchev–Trinajstić information content (AvgIpc) is 2.25. The number of amides is 1. The van der Waals surface area contributed by atoms with E-state index in [1.165, 1.54) is 18.2 Å². The maximum absolute atomic E-state index is 11.9. The van der Waals surface area contributed by atoms with Crippen LogP contribution in [0.4, 0.5) is 18.9 Å². The Hall–Kier alpha value is -1.28. The van der Waals surface area contributed by atoms with E-state index in [-0.39, 0.29) is 10.6 Å². The second-order valence-corrected chi connectivity index (χ2v) is 5.42. The molecule has 0 spiro atoms. The molecular formula is C10H10ClF3N2O2S. The number of alkyl halides is 3. The molecule has 0 heterocycles. The summed E-state index contributed by atoms with van der Waals surface area (Å²) in [6, 6.07) is 4.14. The van der Waals surface area contributed by atoms with Crippen molar-refractivity contribution in [2.24, 2.45) is 0 Å². The van der Waals surface area contributed by atoms with Crippen molar-refractivity contribution in [3.05, 3.63) is 23.2 Å². The minimum atomic E-state index is -4.50. The molecule has 3 N–H and O–H groups in total. The van der Waals surface area contributed by atoms with Crippen LogP contribution < -0.4 is 11.1 Å². The summed E-state index contributed by atoms with van der Waals surface area (Å²) in [5.41, 5.74) is 5.67. The highest BCUT2D eigenvalue weighted by Crippen LogP contribution is 2.21. The lowest BCUT2D eigenvalue weighted by atomic mass is 10.3. The number of nitrogens with two attached hydrogens (primary N) is 1. The van der Waals surface area contributed by atoms with Gasteiger partial charge >= 0.3 is 6.18 Å². The van der Waals surface area contributed by atoms with Crippen LogP contribution in [-0.2, 0) is 15.6 Å². The number of anilines is 1. The minimum Gasteiger partial charge on any atom is -0.398 e. The Kier molecular flexibility index (Phi) is 5.19. The predicted octanol–water partition coefficient (Wildman–Crippen LogP) is 1.71. The fourth-order valence-electron chi connectivity index (χ4n) is 1.17. The van der Waals surface area contributed by atoms with Gasteiger partial charge in [0.25, 0.3) is 0 Å². The van der Waals surface area contributed by atoms with Crippen molar-refractivity contribution in [3.63, 3.8) is 0 Å². The molecule has 1 unspecified atom stereocenters. The quantitative estimate of drug-likeness (QED) is 0.831. The van der Waals surface area contributed by atoms with Gasteiger partial charge in [-0.2, -0.15) is 13.2 Å². The Bertz CT molecular complexity index is 508. The molecule has 0 radical (unpaired) electrons. The van der Waals surface area contributed by atoms with Crippen molar-refractivity contribution < 1.29 is 22.2 Å². The predicted molar refractivity (Wildman–Crippen MR) is 66.2 cm³/mol. The third-order valence-electron chi connectivity index (χ3n) is 1.97. The first-order valence-corrected chi connectivity index (χ1v) is 6.65. The van der Waals surface area contributed by atoms with Crippen molar-refractivity contribution in [3.8, 4) is 0 Å². The van der Waals surface area contributed by atoms with Crippen LogP contribution in [0.1, 0.15) is 0 Å². The Balaban J connectivity index is 2.62. The molecule has 19 heavy (non-hydrogen) atoms. The number of halogens is 4. The van der Waals surface area contributed by atoms with Crippen molar-refractivity contribution in [1.29, 1.82) is 0 Å². The first-order valence-electron chi connectivity index (χ1n) is 4.96. The molecule has 0 saturated heterocycles. The van der Waals surface area contributed by atoms with Gasteiger partial charge in [0.05, 0.1) is 15.7 Å². The Morgan fingerprint density at radius 1 is 1.42 bits per heavy atom. The maximum Gasteiger partial charge on any atom is 0.405 e. The molecule has 4 nitrogen and oxygen atoms in total. The highest BCUT2D eigenvalue weighted by atomic mass is 35.5. The van der Waals surface area contributed by atoms with E-state index in [0.717, 1.165) is 0 Å². The van der Waals surface area contributed by atoms with Gasteiger partial charge in [0.2, 0.25) is 5.91 Å². The van der Waals surface area contributed by atoms with Crippen LogP contribution in [-0.4, -0.2) is 28.6 Å². The first kappa shape index (κ1) is 15.8. The molecule has 106 valence electrons. The highest BCUT2D eigenvalue weighted by Gasteiger charge is 2.28. The zero-order chi connectivity index (χ0) is 14.6. The summed E-state index contributed by atoms with van der Waals surface area (Å²) in [4.78, 5) is 11.3. The molecule has 0 saturated carbocycles. The van der Waals surface area contributed by atoms with Crippen molar-refractivity contribution in [2.75, 3.05) is 18.0 Å². The summed E-state index contributed by atoms with van der Waals surface area (Å²) in [7, 11) is -1.82. The van der Waals surface area contributed by atoms with Gasteiger partial charge in [-0.1, -0.05) is 11.6 Å². The number of hydrogen-bond donors (Lipinski definition) is 2. The van der Waals surface area contributed by atoms with Crippen LogP contribution >= 0.6 is 11.6 Å². The second kappa shape index (κ2) is 6.25. The number of carbonyl (C=O) groups excluding carboxylic acids is 1. The molecular weight excluding hydrogens is 305 g/mol. The zero-order valence-corrected chi connectivity index (χ0v) is 11.0. The van der Waals surface area contributed by atoms with Crippen LogP contribution in [0.3, 0.4) is 0 Å². The van der Waals surface area contributed by atoms with Gasteiger partial charge in [-0.15, -0.1) is 0 Å². The van der Waals surface area contributed by atoms with Gasteiger partial charge < -0.3 is 11.1 Å². The Morgan fingerprint density at radius 3 is 2.58 bits per heavy atom. The number of nitrogens with one attached hydrogen (secondary N) is 1. The van der Waals surface area contributed by atoms with E-state index < -0.39 is 35.2 Å². The molecule has 1 aromatic rings. The first-order chi connectivity index (χ1) is 8.69. The monoisotopic (exact) mass is 314 g/mol. The number of carbonyl (C=O) groups is 1. The normalized spacial score (nSPS) is 13.1. The van der Waals surface area contributed by atoms with Gasteiger partial charge in [-0.25, -0.2) is 0 Å². The summed E-state index contributed by atoms with van der Waals surface area (Å²) in [5.74, 6) is -1.56. The number of hydrogen-bond acceptors (Lipinski definition) is 3. The lowest BCUT2D eigenvalue weighted by molar-refractivity contribution is -0.136. The maximum atomic E-state index is 11.9. The molecule has 1 amide bonds. The van der Waals surface area contributed by atoms with Gasteiger partial charge in [-0.05, 0) is 18.2 Å². The van der Waals surface area contributed by atoms with Crippen LogP contribution in [0.15, 0.2) is 23.1 Å². The van der Waals surface area contributed by atoms with E-state index in [1.807, 2.05) is 0 Å². The lowest BCUT2D eigenvalue weighted by Crippen LogP contribution is -2.36. The topological polar surface area (TPSA) is 72.2 Å². The van der Waals surface area contributed by atoms with Crippen molar-refractivity contribution in [1.82, 2.24) is 5.32 Å². The van der Waals surface area contributed by atoms with Crippen LogP contribution in [0.25, 0.3) is 0 Å². The minimum absolute atomic E-state index is 0.120. The van der Waals surface area contributed by atoms with E-state index in [9.17, 15) is 22.2 Å². The molecule has 0 bridgehead atoms. The van der Waals surface area contributed by atoms with Crippen LogP contribution in [0.5, 0.6) is 0 Å². The SMILES string of the molecule is Nc1cc(Cl)ccc1S(=O)CC(=O)NCC(F)(F)F. The average molecular weight is 315 g/mol. The van der Waals surface area contributed by atoms with Crippen LogP contribution in [0, 0.1) is 0 Å². The molecule has 0 aliphatic heterocycles. The third kappa shape index (κ3) is 5.48. The van der Waals surface area contributed by atoms with E-state index in [2.05, 4.69) is 0 Å². The van der Waals surface area contributed by atoms with E-state index in [4.69, 9.17) is 17.3 Å². The van der Waals surface area contributed by atoms with Gasteiger partial charge in [0, 0.05) is 10.7 Å². The number of benzene rings is 1. The molecule has 1 rings (SSSR count). The van der Waals surface area contributed by atoms with E-state index in [0.29, 0.717) is 5.02 Å². The summed E-state index contributed by atoms with van der Waals surface area (Å²) < 4.78 is 47.3. The summed E-state index contributed by atoms with van der Waals surface area (Å²) in [6.07, 6.45) is -4.50. The van der Waals surface area contributed by atoms with E-state index >= 15 is 0 Å². The molecule has 0 aliphatic carbocycles. The van der Waals surface area contributed by atoms with Crippen molar-refractivity contribution in [2.45, 2.75) is 11.1 Å². The second-order valence-electron chi connectivity index (χ2n) is 3.56. The smallest absolute Gasteiger partial charge is 0.398 e. The molecule has 1 aromatic carbocycles. The summed E-state index contributed by atoms with van der Waals surface area (Å²) >= 11 is 5.64. The molecule has 0 aliphatic rings. The fourth-order valence-corrected chi connectivity index (χ4v) is 2.39. The lowest BCUT2D eigenvalue weighted by Gasteiger charge is -2.09. The Labute approximate surface area is 114 Å². The zero-order valence-electron chi connectivity index (χ0n) is 9.46. The van der Waals surface area contributed by atoms with Gasteiger partial charge in [0.1, 0.15) is 12.3 Å². The fraction of sp³-hybridized carbons (Fsp3) is 0.300. The number of nitrogen functional groups attached to an aromatic ring is 1. The van der Waals surface area contributed by atoms with E-state index in [1.54, 1.807) is 5.32 Å². The molecule has 9 heteroatoms. The molecule has 0 fully saturated rings. The van der Waals surface area contributed by atoms with Gasteiger partial charge in [0.15, 0.2) is 0 Å². The summed E-state index contributed by atoms with van der Waals surface area (Å²) in [6.45, 7) is -1.46. The van der Waals surface area contributed by atoms with Crippen molar-refractivity contribution >= 4 is 34.0 Å². The number of rotatable bonds is 4. The molecule has 0 aromatic heterocycles. The standard InChI is InChI=1S/C10H10ClF3N2O2S/c11-6-1-2-8(7(15)3-6)19(18)4-9(17)16-5-10(12,13)14/h1-3H,4-5,15H2,(H,16,17). The third-order valence-corrected chi connectivity index (χ3v) is 3.59. The summed E-state index contributed by atoms with van der Waals surface area (Å²) in [5, 5.41) is 1.96. The van der Waals surface area contributed by atoms with Crippen LogP contribution in [0.2, 0.25) is 5.02 Å². The molecule has 1 atom stereocenters. The Morgan fingerprint density at radius 2 is 2.05 bits per heavy atom. The highest BCUT2D eigenvalue weighted by molar-refractivity contribution is 7.86.